The molecular weight excluding hydrogens is 236 g/mol. The Bertz CT molecular complexity index is 159. The van der Waals surface area contributed by atoms with Crippen LogP contribution >= 0.6 is 15.9 Å². The Morgan fingerprint density at radius 3 is 1.93 bits per heavy atom. The maximum absolute atomic E-state index is 3.81. The quantitative estimate of drug-likeness (QED) is 0.463. The first-order valence-corrected chi connectivity index (χ1v) is 7.42. The molecule has 1 heteroatoms. The minimum absolute atomic E-state index is 0.838. The Balaban J connectivity index is 1.85. The van der Waals surface area contributed by atoms with Crippen LogP contribution in [0.1, 0.15) is 64.2 Å². The van der Waals surface area contributed by atoms with Crippen LogP contribution in [-0.2, 0) is 0 Å². The van der Waals surface area contributed by atoms with Gasteiger partial charge < -0.3 is 0 Å². The number of hydrogen-bond donors (Lipinski definition) is 0. The van der Waals surface area contributed by atoms with E-state index in [1.165, 1.54) is 64.2 Å². The summed E-state index contributed by atoms with van der Waals surface area (Å²) in [6.45, 7) is 0. The fourth-order valence-electron chi connectivity index (χ4n) is 3.38. The van der Waals surface area contributed by atoms with E-state index in [2.05, 4.69) is 15.9 Å². The third-order valence-corrected chi connectivity index (χ3v) is 5.05. The highest BCUT2D eigenvalue weighted by Gasteiger charge is 2.27. The third-order valence-electron chi connectivity index (χ3n) is 4.22. The molecule has 0 aromatic rings. The zero-order valence-electron chi connectivity index (χ0n) is 9.18. The molecule has 0 amide bonds. The van der Waals surface area contributed by atoms with Crippen LogP contribution in [0.15, 0.2) is 0 Å². The Morgan fingerprint density at radius 1 is 0.643 bits per heavy atom. The third kappa shape index (κ3) is 2.98. The fourth-order valence-corrected chi connectivity index (χ4v) is 4.18. The van der Waals surface area contributed by atoms with Crippen molar-refractivity contribution in [1.29, 1.82) is 0 Å². The maximum atomic E-state index is 3.81. The number of alkyl halides is 1. The molecule has 2 unspecified atom stereocenters. The molecule has 0 aromatic heterocycles. The Morgan fingerprint density at radius 2 is 1.29 bits per heavy atom. The van der Waals surface area contributed by atoms with Gasteiger partial charge in [-0.15, -0.1) is 0 Å². The predicted molar refractivity (Wildman–Crippen MR) is 65.9 cm³/mol. The van der Waals surface area contributed by atoms with E-state index in [1.807, 2.05) is 0 Å². The van der Waals surface area contributed by atoms with Gasteiger partial charge in [0.2, 0.25) is 0 Å². The van der Waals surface area contributed by atoms with Gasteiger partial charge in [0.25, 0.3) is 0 Å². The van der Waals surface area contributed by atoms with E-state index < -0.39 is 0 Å². The van der Waals surface area contributed by atoms with Gasteiger partial charge in [-0.25, -0.2) is 0 Å². The molecule has 0 bridgehead atoms. The molecule has 2 fully saturated rings. The summed E-state index contributed by atoms with van der Waals surface area (Å²) in [6, 6.07) is 0. The topological polar surface area (TPSA) is 0 Å². The summed E-state index contributed by atoms with van der Waals surface area (Å²) < 4.78 is 0. The van der Waals surface area contributed by atoms with Gasteiger partial charge in [0.05, 0.1) is 0 Å². The second kappa shape index (κ2) is 5.53. The van der Waals surface area contributed by atoms with Crippen molar-refractivity contribution in [3.05, 3.63) is 0 Å². The zero-order valence-corrected chi connectivity index (χ0v) is 10.8. The van der Waals surface area contributed by atoms with E-state index in [4.69, 9.17) is 0 Å². The maximum Gasteiger partial charge on any atom is 0.0148 e. The molecule has 0 radical (unpaired) electrons. The number of rotatable bonds is 1. The highest BCUT2D eigenvalue weighted by atomic mass is 79.9. The van der Waals surface area contributed by atoms with Crippen molar-refractivity contribution in [3.63, 3.8) is 0 Å². The van der Waals surface area contributed by atoms with E-state index in [-0.39, 0.29) is 0 Å². The van der Waals surface area contributed by atoms with Crippen molar-refractivity contribution >= 4 is 15.9 Å². The molecule has 2 aliphatic rings. The zero-order chi connectivity index (χ0) is 9.80. The van der Waals surface area contributed by atoms with E-state index in [9.17, 15) is 0 Å². The second-order valence-electron chi connectivity index (χ2n) is 5.28. The van der Waals surface area contributed by atoms with Crippen LogP contribution in [0.5, 0.6) is 0 Å². The van der Waals surface area contributed by atoms with E-state index >= 15 is 0 Å². The van der Waals surface area contributed by atoms with Crippen molar-refractivity contribution in [1.82, 2.24) is 0 Å². The number of halogens is 1. The minimum Gasteiger partial charge on any atom is -0.0891 e. The van der Waals surface area contributed by atoms with Gasteiger partial charge in [-0.2, -0.15) is 0 Å². The first-order valence-electron chi connectivity index (χ1n) is 6.50. The van der Waals surface area contributed by atoms with Gasteiger partial charge >= 0.3 is 0 Å². The van der Waals surface area contributed by atoms with Crippen molar-refractivity contribution < 1.29 is 0 Å². The van der Waals surface area contributed by atoms with Crippen LogP contribution in [0.25, 0.3) is 0 Å². The molecule has 2 aliphatic carbocycles. The highest BCUT2D eigenvalue weighted by molar-refractivity contribution is 9.09. The summed E-state index contributed by atoms with van der Waals surface area (Å²) in [6.07, 6.45) is 15.0. The Hall–Kier alpha value is 0.480. The molecule has 14 heavy (non-hydrogen) atoms. The lowest BCUT2D eigenvalue weighted by atomic mass is 9.77. The van der Waals surface area contributed by atoms with Crippen LogP contribution in [0.4, 0.5) is 0 Å². The van der Waals surface area contributed by atoms with Gasteiger partial charge in [-0.3, -0.25) is 0 Å². The normalized spacial score (nSPS) is 36.6. The van der Waals surface area contributed by atoms with Gasteiger partial charge in [0, 0.05) is 4.83 Å². The molecular formula is C13H23Br. The SMILES string of the molecule is BrC1CCCC(C2CCCCCC2)C1. The summed E-state index contributed by atoms with van der Waals surface area (Å²) in [5.41, 5.74) is 0. The van der Waals surface area contributed by atoms with Gasteiger partial charge in [0.1, 0.15) is 0 Å². The van der Waals surface area contributed by atoms with Crippen molar-refractivity contribution in [2.24, 2.45) is 11.8 Å². The first kappa shape index (κ1) is 11.0. The average molecular weight is 259 g/mol. The molecule has 0 aromatic carbocycles. The van der Waals surface area contributed by atoms with Gasteiger partial charge in [0.15, 0.2) is 0 Å². The summed E-state index contributed by atoms with van der Waals surface area (Å²) in [4.78, 5) is 0.838. The van der Waals surface area contributed by atoms with E-state index in [1.54, 1.807) is 0 Å². The van der Waals surface area contributed by atoms with Crippen LogP contribution in [-0.4, -0.2) is 4.83 Å². The lowest BCUT2D eigenvalue weighted by Gasteiger charge is -2.32. The van der Waals surface area contributed by atoms with Crippen LogP contribution in [0.2, 0.25) is 0 Å². The standard InChI is InChI=1S/C13H23Br/c14-13-9-5-8-12(10-13)11-6-3-1-2-4-7-11/h11-13H,1-10H2. The van der Waals surface area contributed by atoms with Gasteiger partial charge in [-0.05, 0) is 24.7 Å². The molecule has 0 aliphatic heterocycles. The first-order chi connectivity index (χ1) is 6.86. The molecule has 0 heterocycles. The van der Waals surface area contributed by atoms with Crippen LogP contribution in [0, 0.1) is 11.8 Å². The fraction of sp³-hybridized carbons (Fsp3) is 1.00. The molecule has 0 nitrogen and oxygen atoms in total. The summed E-state index contributed by atoms with van der Waals surface area (Å²) >= 11 is 3.81. The summed E-state index contributed by atoms with van der Waals surface area (Å²) in [5, 5.41) is 0. The Kier molecular flexibility index (Phi) is 4.34. The smallest absolute Gasteiger partial charge is 0.0148 e. The lowest BCUT2D eigenvalue weighted by Crippen LogP contribution is -2.22. The summed E-state index contributed by atoms with van der Waals surface area (Å²) in [7, 11) is 0. The second-order valence-corrected chi connectivity index (χ2v) is 6.57. The lowest BCUT2D eigenvalue weighted by molar-refractivity contribution is 0.232. The van der Waals surface area contributed by atoms with E-state index in [0.29, 0.717) is 0 Å². The molecule has 82 valence electrons. The predicted octanol–water partition coefficient (Wildman–Crippen LogP) is 4.91. The average Bonchev–Trinajstić information content (AvgIpc) is 2.45. The molecule has 0 N–H and O–H groups in total. The summed E-state index contributed by atoms with van der Waals surface area (Å²) in [5.74, 6) is 2.14. The molecule has 2 rings (SSSR count). The van der Waals surface area contributed by atoms with Gasteiger partial charge in [-0.1, -0.05) is 67.3 Å². The largest absolute Gasteiger partial charge is 0.0891 e. The van der Waals surface area contributed by atoms with Crippen molar-refractivity contribution in [3.8, 4) is 0 Å². The molecule has 2 saturated carbocycles. The molecule has 0 spiro atoms. The van der Waals surface area contributed by atoms with Crippen molar-refractivity contribution in [2.75, 3.05) is 0 Å². The number of hydrogen-bond acceptors (Lipinski definition) is 0. The monoisotopic (exact) mass is 258 g/mol. The molecule has 2 atom stereocenters. The molecule has 0 saturated heterocycles. The van der Waals surface area contributed by atoms with Crippen molar-refractivity contribution in [2.45, 2.75) is 69.0 Å². The minimum atomic E-state index is 0.838. The van der Waals surface area contributed by atoms with E-state index in [0.717, 1.165) is 16.7 Å². The Labute approximate surface area is 97.0 Å². The highest BCUT2D eigenvalue weighted by Crippen LogP contribution is 2.39. The van der Waals surface area contributed by atoms with Crippen LogP contribution in [0.3, 0.4) is 0 Å². The van der Waals surface area contributed by atoms with Crippen LogP contribution < -0.4 is 0 Å².